The Balaban J connectivity index is 0.000000424. The van der Waals surface area contributed by atoms with Crippen LogP contribution >= 0.6 is 0 Å². The summed E-state index contributed by atoms with van der Waals surface area (Å²) >= 11 is 0. The third-order valence-corrected chi connectivity index (χ3v) is 1.95. The van der Waals surface area contributed by atoms with Crippen LogP contribution in [0.5, 0.6) is 0 Å². The fourth-order valence-electron chi connectivity index (χ4n) is 1.29. The van der Waals surface area contributed by atoms with Gasteiger partial charge in [0.05, 0.1) is 0 Å². The molecular formula is C11H23NO. The number of likely N-dealkylation sites (tertiary alicyclic amines) is 1. The third kappa shape index (κ3) is 5.67. The van der Waals surface area contributed by atoms with Crippen LogP contribution in [0, 0.1) is 0 Å². The minimum Gasteiger partial charge on any atom is -0.343 e. The predicted octanol–water partition coefficient (Wildman–Crippen LogP) is 2.83. The molecule has 1 aliphatic rings. The van der Waals surface area contributed by atoms with Crippen LogP contribution in [-0.4, -0.2) is 23.9 Å². The standard InChI is InChI=1S/C8H15NO.C3H8/c1-2-3-6-9-7-4-5-8(9)10;1-3-2/h2-7H2,1H3;3H2,1-2H3. The van der Waals surface area contributed by atoms with Crippen molar-refractivity contribution in [3.63, 3.8) is 0 Å². The van der Waals surface area contributed by atoms with Crippen molar-refractivity contribution >= 4 is 5.91 Å². The Kier molecular flexibility index (Phi) is 7.76. The van der Waals surface area contributed by atoms with E-state index in [9.17, 15) is 4.79 Å². The Bertz CT molecular complexity index is 134. The second-order valence-electron chi connectivity index (χ2n) is 3.55. The molecule has 0 radical (unpaired) electrons. The molecule has 0 saturated carbocycles. The highest BCUT2D eigenvalue weighted by Crippen LogP contribution is 2.09. The number of hydrogen-bond donors (Lipinski definition) is 0. The molecule has 2 heteroatoms. The average Bonchev–Trinajstić information content (AvgIpc) is 2.49. The van der Waals surface area contributed by atoms with Gasteiger partial charge in [0.1, 0.15) is 0 Å². The van der Waals surface area contributed by atoms with Gasteiger partial charge in [0, 0.05) is 19.5 Å². The fraction of sp³-hybridized carbons (Fsp3) is 0.909. The van der Waals surface area contributed by atoms with E-state index in [1.807, 2.05) is 4.90 Å². The largest absolute Gasteiger partial charge is 0.343 e. The second kappa shape index (κ2) is 8.09. The van der Waals surface area contributed by atoms with Gasteiger partial charge in [-0.2, -0.15) is 0 Å². The Morgan fingerprint density at radius 3 is 2.31 bits per heavy atom. The van der Waals surface area contributed by atoms with Crippen molar-refractivity contribution < 1.29 is 4.79 Å². The molecule has 1 amide bonds. The zero-order chi connectivity index (χ0) is 10.1. The maximum absolute atomic E-state index is 11.0. The number of unbranched alkanes of at least 4 members (excludes halogenated alkanes) is 1. The smallest absolute Gasteiger partial charge is 0.222 e. The zero-order valence-corrected chi connectivity index (χ0v) is 9.31. The lowest BCUT2D eigenvalue weighted by molar-refractivity contribution is -0.127. The first-order valence-electron chi connectivity index (χ1n) is 5.54. The molecule has 1 fully saturated rings. The molecular weight excluding hydrogens is 162 g/mol. The number of rotatable bonds is 3. The molecule has 0 spiro atoms. The molecule has 1 rings (SSSR count). The summed E-state index contributed by atoms with van der Waals surface area (Å²) in [5, 5.41) is 0. The van der Waals surface area contributed by atoms with Crippen LogP contribution in [-0.2, 0) is 4.79 Å². The minimum atomic E-state index is 0.355. The fourth-order valence-corrected chi connectivity index (χ4v) is 1.29. The van der Waals surface area contributed by atoms with E-state index in [4.69, 9.17) is 0 Å². The molecule has 1 heterocycles. The van der Waals surface area contributed by atoms with Gasteiger partial charge < -0.3 is 4.90 Å². The van der Waals surface area contributed by atoms with Crippen molar-refractivity contribution in [2.45, 2.75) is 52.9 Å². The van der Waals surface area contributed by atoms with Crippen molar-refractivity contribution in [3.05, 3.63) is 0 Å². The quantitative estimate of drug-likeness (QED) is 0.662. The van der Waals surface area contributed by atoms with E-state index < -0.39 is 0 Å². The van der Waals surface area contributed by atoms with Gasteiger partial charge in [-0.3, -0.25) is 4.79 Å². The van der Waals surface area contributed by atoms with Crippen LogP contribution < -0.4 is 0 Å². The van der Waals surface area contributed by atoms with Gasteiger partial charge >= 0.3 is 0 Å². The lowest BCUT2D eigenvalue weighted by Crippen LogP contribution is -2.25. The summed E-state index contributed by atoms with van der Waals surface area (Å²) in [6.45, 7) is 8.38. The topological polar surface area (TPSA) is 20.3 Å². The van der Waals surface area contributed by atoms with E-state index in [0.717, 1.165) is 32.4 Å². The first-order valence-corrected chi connectivity index (χ1v) is 5.54. The summed E-state index contributed by atoms with van der Waals surface area (Å²) in [6, 6.07) is 0. The van der Waals surface area contributed by atoms with E-state index in [-0.39, 0.29) is 0 Å². The highest BCUT2D eigenvalue weighted by atomic mass is 16.2. The monoisotopic (exact) mass is 185 g/mol. The van der Waals surface area contributed by atoms with Crippen molar-refractivity contribution in [2.24, 2.45) is 0 Å². The highest BCUT2D eigenvalue weighted by Gasteiger charge is 2.18. The second-order valence-corrected chi connectivity index (χ2v) is 3.55. The van der Waals surface area contributed by atoms with Crippen molar-refractivity contribution in [1.82, 2.24) is 4.90 Å². The molecule has 2 nitrogen and oxygen atoms in total. The minimum absolute atomic E-state index is 0.355. The van der Waals surface area contributed by atoms with Crippen LogP contribution in [0.1, 0.15) is 52.9 Å². The number of amides is 1. The molecule has 0 atom stereocenters. The van der Waals surface area contributed by atoms with Crippen molar-refractivity contribution in [1.29, 1.82) is 0 Å². The molecule has 0 aromatic carbocycles. The SMILES string of the molecule is CCC.CCCCN1CCCC1=O. The van der Waals surface area contributed by atoms with E-state index in [0.29, 0.717) is 5.91 Å². The van der Waals surface area contributed by atoms with E-state index >= 15 is 0 Å². The summed E-state index contributed by atoms with van der Waals surface area (Å²) in [5.74, 6) is 0.355. The van der Waals surface area contributed by atoms with Crippen LogP contribution in [0.3, 0.4) is 0 Å². The molecule has 0 aromatic rings. The summed E-state index contributed by atoms with van der Waals surface area (Å²) in [4.78, 5) is 13.0. The molecule has 13 heavy (non-hydrogen) atoms. The molecule has 0 aromatic heterocycles. The number of hydrogen-bond acceptors (Lipinski definition) is 1. The van der Waals surface area contributed by atoms with E-state index in [1.54, 1.807) is 0 Å². The lowest BCUT2D eigenvalue weighted by atomic mass is 10.3. The van der Waals surface area contributed by atoms with Crippen LogP contribution in [0.4, 0.5) is 0 Å². The van der Waals surface area contributed by atoms with E-state index in [2.05, 4.69) is 20.8 Å². The third-order valence-electron chi connectivity index (χ3n) is 1.95. The Hall–Kier alpha value is -0.530. The number of nitrogens with zero attached hydrogens (tertiary/aromatic N) is 1. The molecule has 0 aliphatic carbocycles. The first kappa shape index (κ1) is 12.5. The summed E-state index contributed by atoms with van der Waals surface area (Å²) in [7, 11) is 0. The van der Waals surface area contributed by atoms with Gasteiger partial charge in [-0.25, -0.2) is 0 Å². The van der Waals surface area contributed by atoms with Gasteiger partial charge in [0.15, 0.2) is 0 Å². The van der Waals surface area contributed by atoms with Gasteiger partial charge in [0.25, 0.3) is 0 Å². The zero-order valence-electron chi connectivity index (χ0n) is 9.31. The normalized spacial score (nSPS) is 15.6. The van der Waals surface area contributed by atoms with Crippen LogP contribution in [0.2, 0.25) is 0 Å². The average molecular weight is 185 g/mol. The highest BCUT2D eigenvalue weighted by molar-refractivity contribution is 5.77. The van der Waals surface area contributed by atoms with Gasteiger partial charge in [-0.15, -0.1) is 0 Å². The van der Waals surface area contributed by atoms with E-state index in [1.165, 1.54) is 12.8 Å². The Labute approximate surface area is 82.3 Å². The summed E-state index contributed by atoms with van der Waals surface area (Å²) in [5.41, 5.74) is 0. The lowest BCUT2D eigenvalue weighted by Gasteiger charge is -2.13. The predicted molar refractivity (Wildman–Crippen MR) is 56.7 cm³/mol. The molecule has 0 N–H and O–H groups in total. The number of carbonyl (C=O) groups is 1. The molecule has 78 valence electrons. The van der Waals surface area contributed by atoms with Gasteiger partial charge in [-0.05, 0) is 12.8 Å². The van der Waals surface area contributed by atoms with Gasteiger partial charge in [-0.1, -0.05) is 33.6 Å². The maximum Gasteiger partial charge on any atom is 0.222 e. The van der Waals surface area contributed by atoms with Gasteiger partial charge in [0.2, 0.25) is 5.91 Å². The molecule has 0 unspecified atom stereocenters. The molecule has 1 saturated heterocycles. The Morgan fingerprint density at radius 1 is 1.31 bits per heavy atom. The van der Waals surface area contributed by atoms with Crippen LogP contribution in [0.15, 0.2) is 0 Å². The number of carbonyl (C=O) groups excluding carboxylic acids is 1. The molecule has 0 bridgehead atoms. The summed E-state index contributed by atoms with van der Waals surface area (Å²) in [6.07, 6.45) is 5.45. The first-order chi connectivity index (χ1) is 6.26. The van der Waals surface area contributed by atoms with Crippen LogP contribution in [0.25, 0.3) is 0 Å². The maximum atomic E-state index is 11.0. The summed E-state index contributed by atoms with van der Waals surface area (Å²) < 4.78 is 0. The molecule has 1 aliphatic heterocycles. The Morgan fingerprint density at radius 2 is 1.92 bits per heavy atom. The van der Waals surface area contributed by atoms with Crippen molar-refractivity contribution in [3.8, 4) is 0 Å². The van der Waals surface area contributed by atoms with Crippen molar-refractivity contribution in [2.75, 3.05) is 13.1 Å².